The molecule has 1 aromatic rings. The lowest BCUT2D eigenvalue weighted by molar-refractivity contribution is -0.133. The van der Waals surface area contributed by atoms with Crippen molar-refractivity contribution in [2.24, 2.45) is 5.92 Å². The first kappa shape index (κ1) is 17.4. The maximum absolute atomic E-state index is 13.6. The van der Waals surface area contributed by atoms with Crippen molar-refractivity contribution in [1.29, 1.82) is 0 Å². The van der Waals surface area contributed by atoms with Crippen LogP contribution in [0.4, 0.5) is 4.39 Å². The molecule has 3 rings (SSSR count). The number of nitrogens with one attached hydrogen (secondary N) is 1. The summed E-state index contributed by atoms with van der Waals surface area (Å²) >= 11 is 0. The van der Waals surface area contributed by atoms with Gasteiger partial charge in [0.2, 0.25) is 5.91 Å². The van der Waals surface area contributed by atoms with Crippen LogP contribution in [-0.4, -0.2) is 31.8 Å². The summed E-state index contributed by atoms with van der Waals surface area (Å²) in [7, 11) is 1.60. The van der Waals surface area contributed by atoms with Crippen molar-refractivity contribution >= 4 is 5.91 Å². The van der Waals surface area contributed by atoms with Gasteiger partial charge >= 0.3 is 0 Å². The molecule has 1 aliphatic carbocycles. The number of ether oxygens (including phenoxy) is 2. The van der Waals surface area contributed by atoms with E-state index in [2.05, 4.69) is 5.32 Å². The topological polar surface area (TPSA) is 47.6 Å². The standard InChI is InChI=1S/C19H26FNO3/c1-23-10-9-19(22)21-16-12-18(13-5-4-6-14(20)11-13)24-17-8-3-2-7-15(16)17/h4-6,11,15-18H,2-3,7-10,12H2,1H3,(H,21,22)/t15-,16+,17+,18+/m0/s1. The van der Waals surface area contributed by atoms with E-state index in [4.69, 9.17) is 9.47 Å². The Morgan fingerprint density at radius 2 is 2.21 bits per heavy atom. The van der Waals surface area contributed by atoms with E-state index >= 15 is 0 Å². The maximum Gasteiger partial charge on any atom is 0.222 e. The number of benzene rings is 1. The van der Waals surface area contributed by atoms with Gasteiger partial charge < -0.3 is 14.8 Å². The fraction of sp³-hybridized carbons (Fsp3) is 0.632. The van der Waals surface area contributed by atoms with Crippen molar-refractivity contribution in [2.75, 3.05) is 13.7 Å². The monoisotopic (exact) mass is 335 g/mol. The van der Waals surface area contributed by atoms with Crippen molar-refractivity contribution in [3.63, 3.8) is 0 Å². The number of halogens is 1. The third kappa shape index (κ3) is 4.14. The number of hydrogen-bond acceptors (Lipinski definition) is 3. The molecule has 4 nitrogen and oxygen atoms in total. The second kappa shape index (κ2) is 8.08. The van der Waals surface area contributed by atoms with Gasteiger partial charge in [-0.1, -0.05) is 25.0 Å². The van der Waals surface area contributed by atoms with E-state index < -0.39 is 0 Å². The normalized spacial score (nSPS) is 29.8. The molecule has 0 radical (unpaired) electrons. The molecule has 0 aromatic heterocycles. The lowest BCUT2D eigenvalue weighted by Crippen LogP contribution is -2.51. The lowest BCUT2D eigenvalue weighted by atomic mass is 9.76. The van der Waals surface area contributed by atoms with Gasteiger partial charge in [0.15, 0.2) is 0 Å². The molecule has 132 valence electrons. The Kier molecular flexibility index (Phi) is 5.85. The first-order valence-electron chi connectivity index (χ1n) is 8.86. The molecule has 0 bridgehead atoms. The summed E-state index contributed by atoms with van der Waals surface area (Å²) in [5.41, 5.74) is 0.857. The number of rotatable bonds is 5. The van der Waals surface area contributed by atoms with E-state index in [0.29, 0.717) is 25.4 Å². The lowest BCUT2D eigenvalue weighted by Gasteiger charge is -2.45. The van der Waals surface area contributed by atoms with E-state index in [-0.39, 0.29) is 30.0 Å². The SMILES string of the molecule is COCCC(=O)N[C@@H]1C[C@H](c2cccc(F)c2)O[C@@H]2CCCC[C@@H]12. The van der Waals surface area contributed by atoms with Gasteiger partial charge in [-0.05, 0) is 37.0 Å². The molecule has 1 heterocycles. The molecule has 1 saturated heterocycles. The van der Waals surface area contributed by atoms with Crippen LogP contribution >= 0.6 is 0 Å². The maximum atomic E-state index is 13.6. The van der Waals surface area contributed by atoms with Crippen LogP contribution in [0.3, 0.4) is 0 Å². The minimum absolute atomic E-state index is 0.0195. The van der Waals surface area contributed by atoms with Crippen molar-refractivity contribution in [3.05, 3.63) is 35.6 Å². The van der Waals surface area contributed by atoms with Crippen LogP contribution in [0.25, 0.3) is 0 Å². The molecule has 5 heteroatoms. The quantitative estimate of drug-likeness (QED) is 0.897. The van der Waals surface area contributed by atoms with Crippen LogP contribution < -0.4 is 5.32 Å². The average molecular weight is 335 g/mol. The second-order valence-corrected chi connectivity index (χ2v) is 6.82. The van der Waals surface area contributed by atoms with E-state index in [1.807, 2.05) is 6.07 Å². The largest absolute Gasteiger partial charge is 0.384 e. The molecule has 4 atom stereocenters. The highest BCUT2D eigenvalue weighted by molar-refractivity contribution is 5.76. The highest BCUT2D eigenvalue weighted by Gasteiger charge is 2.40. The number of methoxy groups -OCH3 is 1. The summed E-state index contributed by atoms with van der Waals surface area (Å²) in [4.78, 5) is 12.2. The zero-order chi connectivity index (χ0) is 16.9. The number of hydrogen-bond donors (Lipinski definition) is 1. The first-order chi connectivity index (χ1) is 11.7. The zero-order valence-electron chi connectivity index (χ0n) is 14.2. The first-order valence-corrected chi connectivity index (χ1v) is 8.86. The zero-order valence-corrected chi connectivity index (χ0v) is 14.2. The molecule has 24 heavy (non-hydrogen) atoms. The van der Waals surface area contributed by atoms with E-state index in [0.717, 1.165) is 24.8 Å². The van der Waals surface area contributed by atoms with Gasteiger partial charge in [-0.3, -0.25) is 4.79 Å². The fourth-order valence-corrected chi connectivity index (χ4v) is 3.99. The predicted molar refractivity (Wildman–Crippen MR) is 89.0 cm³/mol. The Labute approximate surface area is 142 Å². The van der Waals surface area contributed by atoms with Crippen LogP contribution in [0.1, 0.15) is 50.2 Å². The van der Waals surface area contributed by atoms with Crippen LogP contribution in [0.5, 0.6) is 0 Å². The van der Waals surface area contributed by atoms with E-state index in [9.17, 15) is 9.18 Å². The van der Waals surface area contributed by atoms with E-state index in [1.165, 1.54) is 18.6 Å². The minimum Gasteiger partial charge on any atom is -0.384 e. The molecular formula is C19H26FNO3. The minimum atomic E-state index is -0.248. The molecule has 1 aromatic carbocycles. The van der Waals surface area contributed by atoms with Crippen molar-refractivity contribution in [1.82, 2.24) is 5.32 Å². The molecule has 1 aliphatic heterocycles. The fourth-order valence-electron chi connectivity index (χ4n) is 3.99. The van der Waals surface area contributed by atoms with Gasteiger partial charge in [0.1, 0.15) is 5.82 Å². The summed E-state index contributed by atoms with van der Waals surface area (Å²) in [6.45, 7) is 0.427. The van der Waals surface area contributed by atoms with Crippen LogP contribution in [0.15, 0.2) is 24.3 Å². The van der Waals surface area contributed by atoms with Gasteiger partial charge in [-0.15, -0.1) is 0 Å². The smallest absolute Gasteiger partial charge is 0.222 e. The molecular weight excluding hydrogens is 309 g/mol. The number of carbonyl (C=O) groups excluding carboxylic acids is 1. The number of fused-ring (bicyclic) bond motifs is 1. The summed E-state index contributed by atoms with van der Waals surface area (Å²) in [5, 5.41) is 3.17. The Morgan fingerprint density at radius 3 is 3.00 bits per heavy atom. The van der Waals surface area contributed by atoms with Crippen LogP contribution in [-0.2, 0) is 14.3 Å². The molecule has 1 saturated carbocycles. The third-order valence-electron chi connectivity index (χ3n) is 5.18. The van der Waals surface area contributed by atoms with Crippen molar-refractivity contribution < 1.29 is 18.7 Å². The van der Waals surface area contributed by atoms with Gasteiger partial charge in [-0.2, -0.15) is 0 Å². The average Bonchev–Trinajstić information content (AvgIpc) is 2.60. The highest BCUT2D eigenvalue weighted by Crippen LogP contribution is 2.41. The summed E-state index contributed by atoms with van der Waals surface area (Å²) in [6, 6.07) is 6.69. The molecule has 0 spiro atoms. The second-order valence-electron chi connectivity index (χ2n) is 6.82. The summed E-state index contributed by atoms with van der Waals surface area (Å²) < 4.78 is 24.8. The van der Waals surface area contributed by atoms with Crippen LogP contribution in [0, 0.1) is 11.7 Å². The van der Waals surface area contributed by atoms with Crippen LogP contribution in [0.2, 0.25) is 0 Å². The van der Waals surface area contributed by atoms with Gasteiger partial charge in [0, 0.05) is 25.5 Å². The summed E-state index contributed by atoms with van der Waals surface area (Å²) in [5.74, 6) is 0.128. The third-order valence-corrected chi connectivity index (χ3v) is 5.18. The molecule has 1 N–H and O–H groups in total. The molecule has 2 aliphatic rings. The molecule has 0 unspecified atom stereocenters. The summed E-state index contributed by atoms with van der Waals surface area (Å²) in [6.07, 6.45) is 5.48. The molecule has 2 fully saturated rings. The predicted octanol–water partition coefficient (Wildman–Crippen LogP) is 3.37. The number of carbonyl (C=O) groups is 1. The Hall–Kier alpha value is -1.46. The number of amides is 1. The van der Waals surface area contributed by atoms with Crippen molar-refractivity contribution in [3.8, 4) is 0 Å². The van der Waals surface area contributed by atoms with Gasteiger partial charge in [0.05, 0.1) is 18.8 Å². The highest BCUT2D eigenvalue weighted by atomic mass is 19.1. The van der Waals surface area contributed by atoms with Crippen molar-refractivity contribution in [2.45, 2.75) is 56.8 Å². The van der Waals surface area contributed by atoms with Gasteiger partial charge in [-0.25, -0.2) is 4.39 Å². The Morgan fingerprint density at radius 1 is 1.38 bits per heavy atom. The molecule has 1 amide bonds. The Bertz CT molecular complexity index is 565. The Balaban J connectivity index is 1.73. The van der Waals surface area contributed by atoms with Gasteiger partial charge in [0.25, 0.3) is 0 Å². The van der Waals surface area contributed by atoms with E-state index in [1.54, 1.807) is 13.2 Å².